The Labute approximate surface area is 120 Å². The van der Waals surface area contributed by atoms with E-state index in [0.29, 0.717) is 21.7 Å². The van der Waals surface area contributed by atoms with Crippen molar-refractivity contribution in [1.29, 1.82) is 0 Å². The first kappa shape index (κ1) is 12.9. The standard InChI is InChI=1S/C12H8BrF2N3O2/c13-8-3-6(16)5-17-11(8)18-7-1-2-9-10(4-7)20-12(14,15)19-9/h1-5H,16H2,(H,17,18). The highest BCUT2D eigenvalue weighted by atomic mass is 79.9. The highest BCUT2D eigenvalue weighted by Gasteiger charge is 2.43. The second-order valence-corrected chi connectivity index (χ2v) is 4.91. The van der Waals surface area contributed by atoms with Gasteiger partial charge in [-0.3, -0.25) is 0 Å². The summed E-state index contributed by atoms with van der Waals surface area (Å²) in [5, 5.41) is 2.96. The van der Waals surface area contributed by atoms with Gasteiger partial charge in [0.2, 0.25) is 0 Å². The maximum Gasteiger partial charge on any atom is 0.586 e. The minimum Gasteiger partial charge on any atom is -0.397 e. The molecular formula is C12H8BrF2N3O2. The molecule has 2 heterocycles. The fourth-order valence-corrected chi connectivity index (χ4v) is 2.17. The maximum atomic E-state index is 12.9. The number of rotatable bonds is 2. The van der Waals surface area contributed by atoms with Crippen LogP contribution in [0.2, 0.25) is 0 Å². The number of hydrogen-bond donors (Lipinski definition) is 2. The van der Waals surface area contributed by atoms with Crippen molar-refractivity contribution in [3.63, 3.8) is 0 Å². The van der Waals surface area contributed by atoms with Gasteiger partial charge in [0.05, 0.1) is 16.4 Å². The molecule has 5 nitrogen and oxygen atoms in total. The Balaban J connectivity index is 1.86. The Morgan fingerprint density at radius 3 is 2.70 bits per heavy atom. The molecule has 3 N–H and O–H groups in total. The maximum absolute atomic E-state index is 12.9. The van der Waals surface area contributed by atoms with Crippen LogP contribution >= 0.6 is 15.9 Å². The monoisotopic (exact) mass is 343 g/mol. The normalized spacial score (nSPS) is 15.2. The van der Waals surface area contributed by atoms with Crippen LogP contribution in [0, 0.1) is 0 Å². The van der Waals surface area contributed by atoms with Crippen LogP contribution in [0.1, 0.15) is 0 Å². The predicted octanol–water partition coefficient (Wildman–Crippen LogP) is 3.49. The first-order chi connectivity index (χ1) is 9.43. The molecule has 0 unspecified atom stereocenters. The highest BCUT2D eigenvalue weighted by Crippen LogP contribution is 2.42. The number of aromatic nitrogens is 1. The quantitative estimate of drug-likeness (QED) is 0.873. The van der Waals surface area contributed by atoms with Gasteiger partial charge in [-0.2, -0.15) is 0 Å². The van der Waals surface area contributed by atoms with E-state index in [1.54, 1.807) is 12.1 Å². The molecule has 0 spiro atoms. The van der Waals surface area contributed by atoms with E-state index in [-0.39, 0.29) is 11.5 Å². The molecule has 0 bridgehead atoms. The van der Waals surface area contributed by atoms with Crippen LogP contribution in [0.5, 0.6) is 11.5 Å². The van der Waals surface area contributed by atoms with Crippen LogP contribution < -0.4 is 20.5 Å². The first-order valence-corrected chi connectivity index (χ1v) is 6.30. The third-order valence-electron chi connectivity index (χ3n) is 2.53. The number of nitrogens with one attached hydrogen (secondary N) is 1. The molecule has 0 atom stereocenters. The van der Waals surface area contributed by atoms with E-state index in [0.717, 1.165) is 0 Å². The molecule has 0 amide bonds. The lowest BCUT2D eigenvalue weighted by Gasteiger charge is -2.08. The van der Waals surface area contributed by atoms with E-state index in [1.807, 2.05) is 0 Å². The molecule has 0 aliphatic carbocycles. The van der Waals surface area contributed by atoms with Crippen molar-refractivity contribution >= 4 is 33.1 Å². The third kappa shape index (κ3) is 2.46. The lowest BCUT2D eigenvalue weighted by molar-refractivity contribution is -0.286. The molecule has 8 heteroatoms. The second kappa shape index (κ2) is 4.48. The molecule has 1 aliphatic rings. The summed E-state index contributed by atoms with van der Waals surface area (Å²) in [6.07, 6.45) is -2.14. The molecule has 3 rings (SSSR count). The Hall–Kier alpha value is -2.09. The van der Waals surface area contributed by atoms with Gasteiger partial charge in [-0.05, 0) is 34.1 Å². The zero-order valence-corrected chi connectivity index (χ0v) is 11.4. The second-order valence-electron chi connectivity index (χ2n) is 4.05. The molecule has 0 saturated heterocycles. The average molecular weight is 344 g/mol. The zero-order valence-electron chi connectivity index (χ0n) is 9.86. The SMILES string of the molecule is Nc1cnc(Nc2ccc3c(c2)OC(F)(F)O3)c(Br)c1. The largest absolute Gasteiger partial charge is 0.586 e. The number of fused-ring (bicyclic) bond motifs is 1. The van der Waals surface area contributed by atoms with Crippen LogP contribution in [0.4, 0.5) is 26.0 Å². The summed E-state index contributed by atoms with van der Waals surface area (Å²) >= 11 is 3.30. The van der Waals surface area contributed by atoms with Crippen molar-refractivity contribution in [1.82, 2.24) is 4.98 Å². The number of anilines is 3. The van der Waals surface area contributed by atoms with Gasteiger partial charge in [-0.25, -0.2) is 4.98 Å². The van der Waals surface area contributed by atoms with Gasteiger partial charge in [-0.1, -0.05) is 0 Å². The van der Waals surface area contributed by atoms with Gasteiger partial charge in [-0.15, -0.1) is 8.78 Å². The number of ether oxygens (including phenoxy) is 2. The number of nitrogens with two attached hydrogens (primary N) is 1. The van der Waals surface area contributed by atoms with Gasteiger partial charge < -0.3 is 20.5 Å². The fraction of sp³-hybridized carbons (Fsp3) is 0.0833. The molecule has 0 fully saturated rings. The van der Waals surface area contributed by atoms with Crippen molar-refractivity contribution in [2.24, 2.45) is 0 Å². The molecule has 0 saturated carbocycles. The Kier molecular flexibility index (Phi) is 2.89. The average Bonchev–Trinajstić information content (AvgIpc) is 2.66. The number of hydrogen-bond acceptors (Lipinski definition) is 5. The summed E-state index contributed by atoms with van der Waals surface area (Å²) in [7, 11) is 0. The van der Waals surface area contributed by atoms with Gasteiger partial charge in [0, 0.05) is 11.8 Å². The summed E-state index contributed by atoms with van der Waals surface area (Å²) in [6.45, 7) is 0. The van der Waals surface area contributed by atoms with Crippen LogP contribution in [0.25, 0.3) is 0 Å². The lowest BCUT2D eigenvalue weighted by atomic mass is 10.2. The molecule has 104 valence electrons. The van der Waals surface area contributed by atoms with Crippen molar-refractivity contribution in [2.75, 3.05) is 11.1 Å². The predicted molar refractivity (Wildman–Crippen MR) is 72.3 cm³/mol. The first-order valence-electron chi connectivity index (χ1n) is 5.51. The van der Waals surface area contributed by atoms with Gasteiger partial charge in [0.15, 0.2) is 11.5 Å². The number of halogens is 3. The number of nitrogens with zero attached hydrogens (tertiary/aromatic N) is 1. The molecule has 0 radical (unpaired) electrons. The molecule has 2 aromatic rings. The van der Waals surface area contributed by atoms with Crippen LogP contribution in [-0.4, -0.2) is 11.3 Å². The molecule has 1 aromatic heterocycles. The Morgan fingerprint density at radius 2 is 1.95 bits per heavy atom. The van der Waals surface area contributed by atoms with Gasteiger partial charge in [0.1, 0.15) is 5.82 Å². The third-order valence-corrected chi connectivity index (χ3v) is 3.13. The van der Waals surface area contributed by atoms with Crippen molar-refractivity contribution in [3.05, 3.63) is 34.9 Å². The topological polar surface area (TPSA) is 69.4 Å². The van der Waals surface area contributed by atoms with E-state index in [9.17, 15) is 8.78 Å². The smallest absolute Gasteiger partial charge is 0.397 e. The van der Waals surface area contributed by atoms with Crippen LogP contribution in [-0.2, 0) is 0 Å². The van der Waals surface area contributed by atoms with Crippen molar-refractivity contribution in [3.8, 4) is 11.5 Å². The van der Waals surface area contributed by atoms with Crippen molar-refractivity contribution < 1.29 is 18.3 Å². The summed E-state index contributed by atoms with van der Waals surface area (Å²) in [4.78, 5) is 4.09. The number of benzene rings is 1. The van der Waals surface area contributed by atoms with E-state index in [2.05, 4.69) is 35.7 Å². The Bertz CT molecular complexity index is 682. The highest BCUT2D eigenvalue weighted by molar-refractivity contribution is 9.10. The fourth-order valence-electron chi connectivity index (χ4n) is 1.71. The van der Waals surface area contributed by atoms with Crippen LogP contribution in [0.15, 0.2) is 34.9 Å². The number of alkyl halides is 2. The number of nitrogen functional groups attached to an aromatic ring is 1. The number of pyridine rings is 1. The van der Waals surface area contributed by atoms with Crippen LogP contribution in [0.3, 0.4) is 0 Å². The minimum atomic E-state index is -3.62. The van der Waals surface area contributed by atoms with E-state index >= 15 is 0 Å². The Morgan fingerprint density at radius 1 is 1.20 bits per heavy atom. The van der Waals surface area contributed by atoms with Crippen molar-refractivity contribution in [2.45, 2.75) is 6.29 Å². The zero-order chi connectivity index (χ0) is 14.3. The van der Waals surface area contributed by atoms with E-state index in [1.165, 1.54) is 18.3 Å². The molecule has 1 aromatic carbocycles. The molecule has 1 aliphatic heterocycles. The van der Waals surface area contributed by atoms with Gasteiger partial charge >= 0.3 is 6.29 Å². The minimum absolute atomic E-state index is 0.00937. The molecule has 20 heavy (non-hydrogen) atoms. The summed E-state index contributed by atoms with van der Waals surface area (Å²) < 4.78 is 35.2. The van der Waals surface area contributed by atoms with Gasteiger partial charge in [0.25, 0.3) is 0 Å². The van der Waals surface area contributed by atoms with E-state index < -0.39 is 6.29 Å². The summed E-state index contributed by atoms with van der Waals surface area (Å²) in [5.74, 6) is 0.460. The summed E-state index contributed by atoms with van der Waals surface area (Å²) in [5.41, 5.74) is 6.62. The lowest BCUT2D eigenvalue weighted by Crippen LogP contribution is -2.25. The summed E-state index contributed by atoms with van der Waals surface area (Å²) in [6, 6.07) is 6.05. The molecular weight excluding hydrogens is 336 g/mol. The van der Waals surface area contributed by atoms with E-state index in [4.69, 9.17) is 5.73 Å².